The largest absolute Gasteiger partial charge is 0.385 e. The molecule has 1 rings (SSSR count). The first-order valence-electron chi connectivity index (χ1n) is 6.86. The summed E-state index contributed by atoms with van der Waals surface area (Å²) in [6, 6.07) is 0.194. The van der Waals surface area contributed by atoms with Crippen LogP contribution in [0, 0.1) is 0 Å². The number of nitrogens with two attached hydrogens (primary N) is 1. The Kier molecular flexibility index (Phi) is 7.38. The van der Waals surface area contributed by atoms with Crippen LogP contribution in [0.1, 0.15) is 38.1 Å². The molecule has 5 nitrogen and oxygen atoms in total. The molecule has 1 aromatic rings. The van der Waals surface area contributed by atoms with Gasteiger partial charge in [0.1, 0.15) is 0 Å². The molecular formula is C13H25ClN4O. The minimum atomic E-state index is 0.194. The number of hydrogen-bond donors (Lipinski definition) is 2. The summed E-state index contributed by atoms with van der Waals surface area (Å²) in [4.78, 5) is 0. The Morgan fingerprint density at radius 3 is 2.74 bits per heavy atom. The zero-order valence-electron chi connectivity index (χ0n) is 12.1. The first kappa shape index (κ1) is 16.4. The normalized spacial score (nSPS) is 12.9. The number of halogens is 1. The van der Waals surface area contributed by atoms with Gasteiger partial charge in [0.2, 0.25) is 0 Å². The third-order valence-corrected chi connectivity index (χ3v) is 3.71. The summed E-state index contributed by atoms with van der Waals surface area (Å²) in [6.07, 6.45) is 3.57. The van der Waals surface area contributed by atoms with E-state index in [-0.39, 0.29) is 6.04 Å². The molecule has 0 aliphatic rings. The molecule has 1 heterocycles. The highest BCUT2D eigenvalue weighted by molar-refractivity contribution is 6.31. The molecule has 0 aliphatic heterocycles. The summed E-state index contributed by atoms with van der Waals surface area (Å²) >= 11 is 6.39. The fourth-order valence-electron chi connectivity index (χ4n) is 2.16. The first-order chi connectivity index (χ1) is 9.17. The van der Waals surface area contributed by atoms with E-state index in [4.69, 9.17) is 22.2 Å². The smallest absolute Gasteiger partial charge is 0.0850 e. The van der Waals surface area contributed by atoms with Gasteiger partial charge in [-0.1, -0.05) is 18.5 Å². The van der Waals surface area contributed by atoms with Gasteiger partial charge in [0, 0.05) is 32.7 Å². The van der Waals surface area contributed by atoms with Crippen LogP contribution >= 0.6 is 11.6 Å². The molecule has 1 unspecified atom stereocenters. The minimum Gasteiger partial charge on any atom is -0.385 e. The molecule has 1 aromatic heterocycles. The fourth-order valence-corrected chi connectivity index (χ4v) is 2.51. The maximum atomic E-state index is 6.39. The summed E-state index contributed by atoms with van der Waals surface area (Å²) < 4.78 is 7.04. The first-order valence-corrected chi connectivity index (χ1v) is 7.24. The number of aryl methyl sites for hydroxylation is 2. The van der Waals surface area contributed by atoms with E-state index in [0.717, 1.165) is 55.2 Å². The number of methoxy groups -OCH3 is 1. The molecule has 0 radical (unpaired) electrons. The third kappa shape index (κ3) is 4.45. The Morgan fingerprint density at radius 1 is 1.47 bits per heavy atom. The summed E-state index contributed by atoms with van der Waals surface area (Å²) in [5.41, 5.74) is 4.89. The van der Waals surface area contributed by atoms with Gasteiger partial charge in [-0.15, -0.1) is 0 Å². The van der Waals surface area contributed by atoms with Crippen molar-refractivity contribution in [3.8, 4) is 0 Å². The lowest BCUT2D eigenvalue weighted by Crippen LogP contribution is -2.37. The number of nitrogens with one attached hydrogen (secondary N) is 1. The minimum absolute atomic E-state index is 0.194. The highest BCUT2D eigenvalue weighted by Crippen LogP contribution is 2.23. The number of nitrogens with zero attached hydrogens (tertiary/aromatic N) is 2. The molecular weight excluding hydrogens is 264 g/mol. The van der Waals surface area contributed by atoms with E-state index in [2.05, 4.69) is 24.4 Å². The van der Waals surface area contributed by atoms with Crippen molar-refractivity contribution < 1.29 is 4.74 Å². The molecule has 1 atom stereocenters. The quantitative estimate of drug-likeness (QED) is 0.414. The van der Waals surface area contributed by atoms with Gasteiger partial charge in [-0.3, -0.25) is 16.0 Å². The van der Waals surface area contributed by atoms with Crippen LogP contribution in [0.5, 0.6) is 0 Å². The lowest BCUT2D eigenvalue weighted by molar-refractivity contribution is 0.188. The van der Waals surface area contributed by atoms with Gasteiger partial charge >= 0.3 is 0 Å². The van der Waals surface area contributed by atoms with Crippen molar-refractivity contribution >= 4 is 11.6 Å². The molecule has 3 N–H and O–H groups in total. The van der Waals surface area contributed by atoms with Gasteiger partial charge in [-0.25, -0.2) is 0 Å². The zero-order valence-corrected chi connectivity index (χ0v) is 12.8. The SMILES string of the molecule is CCc1nn(CC)c(CC(CCCOC)NN)c1Cl. The Labute approximate surface area is 120 Å². The summed E-state index contributed by atoms with van der Waals surface area (Å²) in [5, 5.41) is 5.31. The predicted molar refractivity (Wildman–Crippen MR) is 78.2 cm³/mol. The number of ether oxygens (including phenoxy) is 1. The number of rotatable bonds is 9. The van der Waals surface area contributed by atoms with Gasteiger partial charge in [0.15, 0.2) is 0 Å². The number of hydrazine groups is 1. The van der Waals surface area contributed by atoms with Crippen LogP contribution in [0.3, 0.4) is 0 Å². The lowest BCUT2D eigenvalue weighted by Gasteiger charge is -2.16. The molecule has 0 aromatic carbocycles. The van der Waals surface area contributed by atoms with Gasteiger partial charge < -0.3 is 4.74 Å². The Bertz CT molecular complexity index is 381. The maximum absolute atomic E-state index is 6.39. The van der Waals surface area contributed by atoms with Crippen molar-refractivity contribution in [3.63, 3.8) is 0 Å². The Morgan fingerprint density at radius 2 is 2.21 bits per heavy atom. The monoisotopic (exact) mass is 288 g/mol. The van der Waals surface area contributed by atoms with Crippen molar-refractivity contribution in [1.82, 2.24) is 15.2 Å². The van der Waals surface area contributed by atoms with E-state index in [1.54, 1.807) is 7.11 Å². The number of hydrogen-bond acceptors (Lipinski definition) is 4. The molecule has 0 spiro atoms. The molecule has 0 saturated heterocycles. The highest BCUT2D eigenvalue weighted by Gasteiger charge is 2.18. The van der Waals surface area contributed by atoms with Crippen LogP contribution < -0.4 is 11.3 Å². The maximum Gasteiger partial charge on any atom is 0.0850 e. The van der Waals surface area contributed by atoms with Crippen molar-refractivity contribution in [1.29, 1.82) is 0 Å². The molecule has 0 fully saturated rings. The predicted octanol–water partition coefficient (Wildman–Crippen LogP) is 1.92. The average Bonchev–Trinajstić information content (AvgIpc) is 2.74. The highest BCUT2D eigenvalue weighted by atomic mass is 35.5. The van der Waals surface area contributed by atoms with E-state index < -0.39 is 0 Å². The zero-order chi connectivity index (χ0) is 14.3. The summed E-state index contributed by atoms with van der Waals surface area (Å²) in [5.74, 6) is 5.62. The van der Waals surface area contributed by atoms with Crippen LogP contribution in [-0.2, 0) is 24.1 Å². The van der Waals surface area contributed by atoms with Gasteiger partial charge in [0.05, 0.1) is 16.4 Å². The molecule has 0 aliphatic carbocycles. The molecule has 6 heteroatoms. The van der Waals surface area contributed by atoms with Crippen LogP contribution in [-0.4, -0.2) is 29.5 Å². The third-order valence-electron chi connectivity index (χ3n) is 3.27. The average molecular weight is 289 g/mol. The van der Waals surface area contributed by atoms with Gasteiger partial charge in [0.25, 0.3) is 0 Å². The molecule has 19 heavy (non-hydrogen) atoms. The van der Waals surface area contributed by atoms with E-state index in [0.29, 0.717) is 0 Å². The van der Waals surface area contributed by atoms with Crippen LogP contribution in [0.2, 0.25) is 5.02 Å². The lowest BCUT2D eigenvalue weighted by atomic mass is 10.1. The van der Waals surface area contributed by atoms with E-state index in [1.165, 1.54) is 0 Å². The Hall–Kier alpha value is -0.620. The molecule has 0 saturated carbocycles. The second-order valence-electron chi connectivity index (χ2n) is 4.58. The van der Waals surface area contributed by atoms with Crippen molar-refractivity contribution in [3.05, 3.63) is 16.4 Å². The van der Waals surface area contributed by atoms with Gasteiger partial charge in [-0.2, -0.15) is 5.10 Å². The van der Waals surface area contributed by atoms with Crippen molar-refractivity contribution in [2.24, 2.45) is 5.84 Å². The second-order valence-corrected chi connectivity index (χ2v) is 4.96. The fraction of sp³-hybridized carbons (Fsp3) is 0.769. The van der Waals surface area contributed by atoms with E-state index >= 15 is 0 Å². The van der Waals surface area contributed by atoms with E-state index in [9.17, 15) is 0 Å². The van der Waals surface area contributed by atoms with Crippen molar-refractivity contribution in [2.45, 2.75) is 52.1 Å². The summed E-state index contributed by atoms with van der Waals surface area (Å²) in [7, 11) is 1.71. The van der Waals surface area contributed by atoms with Gasteiger partial charge in [-0.05, 0) is 26.2 Å². The summed E-state index contributed by atoms with van der Waals surface area (Å²) in [6.45, 7) is 5.71. The second kappa shape index (κ2) is 8.53. The number of aromatic nitrogens is 2. The Balaban J connectivity index is 2.75. The van der Waals surface area contributed by atoms with Crippen LogP contribution in [0.15, 0.2) is 0 Å². The topological polar surface area (TPSA) is 65.1 Å². The van der Waals surface area contributed by atoms with Crippen LogP contribution in [0.4, 0.5) is 0 Å². The van der Waals surface area contributed by atoms with E-state index in [1.807, 2.05) is 4.68 Å². The molecule has 0 amide bonds. The molecule has 110 valence electrons. The van der Waals surface area contributed by atoms with Crippen molar-refractivity contribution in [2.75, 3.05) is 13.7 Å². The standard InChI is InChI=1S/C13H25ClN4O/c1-4-11-13(14)12(18(5-2)17-11)9-10(16-15)7-6-8-19-3/h10,16H,4-9,15H2,1-3H3. The molecule has 0 bridgehead atoms. The van der Waals surface area contributed by atoms with Crippen LogP contribution in [0.25, 0.3) is 0 Å².